The maximum atomic E-state index is 13.6. The van der Waals surface area contributed by atoms with Gasteiger partial charge in [-0.15, -0.1) is 11.3 Å². The Balaban J connectivity index is 1.68. The molecule has 0 saturated carbocycles. The van der Waals surface area contributed by atoms with Crippen molar-refractivity contribution in [2.75, 3.05) is 5.32 Å². The average Bonchev–Trinajstić information content (AvgIpc) is 3.07. The number of hydrogen-bond acceptors (Lipinski definition) is 4. The first-order valence-electron chi connectivity index (χ1n) is 8.47. The van der Waals surface area contributed by atoms with Gasteiger partial charge in [0.25, 0.3) is 5.91 Å². The van der Waals surface area contributed by atoms with Crippen molar-refractivity contribution >= 4 is 28.3 Å². The molecule has 3 amide bonds. The number of carbonyl (C=O) groups is 2. The summed E-state index contributed by atoms with van der Waals surface area (Å²) in [5.41, 5.74) is 13.2. The third kappa shape index (κ3) is 4.73. The number of benzene rings is 2. The molecule has 144 valence electrons. The van der Waals surface area contributed by atoms with E-state index >= 15 is 0 Å². The molecule has 0 unspecified atom stereocenters. The van der Waals surface area contributed by atoms with Crippen molar-refractivity contribution in [3.05, 3.63) is 77.1 Å². The lowest BCUT2D eigenvalue weighted by Gasteiger charge is -2.07. The van der Waals surface area contributed by atoms with Gasteiger partial charge in [-0.3, -0.25) is 10.1 Å². The summed E-state index contributed by atoms with van der Waals surface area (Å²) < 4.78 is 13.6. The predicted octanol–water partition coefficient (Wildman–Crippen LogP) is 3.43. The van der Waals surface area contributed by atoms with Crippen LogP contribution in [0.3, 0.4) is 0 Å². The lowest BCUT2D eigenvalue weighted by atomic mass is 10.1. The quantitative estimate of drug-likeness (QED) is 0.489. The molecule has 8 heteroatoms. The zero-order chi connectivity index (χ0) is 20.1. The van der Waals surface area contributed by atoms with Crippen LogP contribution in [-0.4, -0.2) is 11.9 Å². The van der Waals surface area contributed by atoms with Gasteiger partial charge in [0.05, 0.1) is 5.56 Å². The van der Waals surface area contributed by atoms with Gasteiger partial charge in [-0.25, -0.2) is 9.18 Å². The van der Waals surface area contributed by atoms with Gasteiger partial charge in [0, 0.05) is 23.5 Å². The number of amides is 3. The van der Waals surface area contributed by atoms with Crippen LogP contribution in [0.25, 0.3) is 10.4 Å². The van der Waals surface area contributed by atoms with Gasteiger partial charge in [0.15, 0.2) is 0 Å². The number of nitrogens with one attached hydrogen (secondary N) is 2. The van der Waals surface area contributed by atoms with Crippen LogP contribution in [0.5, 0.6) is 0 Å². The highest BCUT2D eigenvalue weighted by Gasteiger charge is 2.16. The molecule has 6 N–H and O–H groups in total. The summed E-state index contributed by atoms with van der Waals surface area (Å²) >= 11 is 1.22. The number of rotatable bonds is 7. The Kier molecular flexibility index (Phi) is 6.03. The fourth-order valence-electron chi connectivity index (χ4n) is 2.69. The smallest absolute Gasteiger partial charge is 0.317 e. The molecule has 6 nitrogen and oxygen atoms in total. The first kappa shape index (κ1) is 19.5. The number of urea groups is 1. The zero-order valence-electron chi connectivity index (χ0n) is 14.9. The molecular weight excluding hydrogens is 379 g/mol. The summed E-state index contributed by atoms with van der Waals surface area (Å²) in [6, 6.07) is 15.2. The number of primary amides is 2. The molecule has 3 aromatic rings. The number of carbonyl (C=O) groups excluding carboxylic acids is 2. The average molecular weight is 398 g/mol. The van der Waals surface area contributed by atoms with Crippen molar-refractivity contribution in [3.8, 4) is 10.4 Å². The predicted molar refractivity (Wildman–Crippen MR) is 108 cm³/mol. The van der Waals surface area contributed by atoms with E-state index in [1.807, 2.05) is 24.3 Å². The maximum absolute atomic E-state index is 13.6. The number of hydrogen-bond donors (Lipinski definition) is 4. The van der Waals surface area contributed by atoms with Gasteiger partial charge in [0.2, 0.25) is 0 Å². The molecule has 1 heterocycles. The molecule has 28 heavy (non-hydrogen) atoms. The monoisotopic (exact) mass is 398 g/mol. The Bertz CT molecular complexity index is 1000. The van der Waals surface area contributed by atoms with Gasteiger partial charge in [-0.05, 0) is 23.3 Å². The Morgan fingerprint density at radius 2 is 1.71 bits per heavy atom. The Labute approximate surface area is 165 Å². The van der Waals surface area contributed by atoms with Crippen LogP contribution in [0.2, 0.25) is 0 Å². The van der Waals surface area contributed by atoms with Crippen molar-refractivity contribution in [2.24, 2.45) is 11.5 Å². The van der Waals surface area contributed by atoms with Crippen LogP contribution in [0.1, 0.15) is 21.5 Å². The molecule has 2 aromatic carbocycles. The van der Waals surface area contributed by atoms with Crippen LogP contribution >= 0.6 is 11.3 Å². The lowest BCUT2D eigenvalue weighted by Crippen LogP contribution is -2.21. The van der Waals surface area contributed by atoms with Gasteiger partial charge in [0.1, 0.15) is 10.8 Å². The first-order valence-corrected chi connectivity index (χ1v) is 9.29. The van der Waals surface area contributed by atoms with Crippen LogP contribution in [0.15, 0.2) is 54.6 Å². The van der Waals surface area contributed by atoms with Crippen molar-refractivity contribution < 1.29 is 14.0 Å². The minimum Gasteiger partial charge on any atom is -0.366 e. The number of nitrogens with two attached hydrogens (primary N) is 2. The highest BCUT2D eigenvalue weighted by atomic mass is 32.1. The minimum atomic E-state index is -0.757. The molecular formula is C20H19FN4O2S. The molecule has 1 aromatic heterocycles. The second-order valence-electron chi connectivity index (χ2n) is 6.10. The van der Waals surface area contributed by atoms with E-state index in [0.29, 0.717) is 23.7 Å². The molecule has 0 atom stereocenters. The van der Waals surface area contributed by atoms with Gasteiger partial charge >= 0.3 is 6.03 Å². The van der Waals surface area contributed by atoms with Crippen molar-refractivity contribution in [2.45, 2.75) is 13.1 Å². The third-order valence-electron chi connectivity index (χ3n) is 4.08. The zero-order valence-corrected chi connectivity index (χ0v) is 15.7. The fraction of sp³-hybridized carbons (Fsp3) is 0.100. The number of halogens is 1. The van der Waals surface area contributed by atoms with E-state index in [4.69, 9.17) is 11.5 Å². The summed E-state index contributed by atoms with van der Waals surface area (Å²) in [4.78, 5) is 23.4. The standard InChI is InChI=1S/C20H19FN4O2S/c21-16-4-2-1-3-14(16)11-24-10-12-5-7-13(8-6-12)17-9-15(18(22)26)19(28-17)25-20(23)27/h1-9,24H,10-11H2,(H2,22,26)(H3,23,25,27). The lowest BCUT2D eigenvalue weighted by molar-refractivity contribution is 0.100. The molecule has 3 rings (SSSR count). The van der Waals surface area contributed by atoms with Gasteiger partial charge in [-0.1, -0.05) is 42.5 Å². The maximum Gasteiger partial charge on any atom is 0.317 e. The van der Waals surface area contributed by atoms with E-state index in [2.05, 4.69) is 10.6 Å². The Morgan fingerprint density at radius 3 is 2.36 bits per heavy atom. The largest absolute Gasteiger partial charge is 0.366 e. The fourth-order valence-corrected chi connectivity index (χ4v) is 3.76. The van der Waals surface area contributed by atoms with Crippen molar-refractivity contribution in [3.63, 3.8) is 0 Å². The van der Waals surface area contributed by atoms with E-state index in [9.17, 15) is 14.0 Å². The SMILES string of the molecule is NC(=O)Nc1sc(-c2ccc(CNCc3ccccc3F)cc2)cc1C(N)=O. The summed E-state index contributed by atoms with van der Waals surface area (Å²) in [5, 5.41) is 5.95. The van der Waals surface area contributed by atoms with Gasteiger partial charge in [-0.2, -0.15) is 0 Å². The van der Waals surface area contributed by atoms with Crippen molar-refractivity contribution in [1.82, 2.24) is 5.32 Å². The molecule has 0 spiro atoms. The Hall–Kier alpha value is -3.23. The van der Waals surface area contributed by atoms with Gasteiger partial charge < -0.3 is 16.8 Å². The normalized spacial score (nSPS) is 10.6. The summed E-state index contributed by atoms with van der Waals surface area (Å²) in [6.45, 7) is 1.02. The van der Waals surface area contributed by atoms with E-state index in [1.165, 1.54) is 17.4 Å². The highest BCUT2D eigenvalue weighted by Crippen LogP contribution is 2.35. The summed E-state index contributed by atoms with van der Waals surface area (Å²) in [6.07, 6.45) is 0. The van der Waals surface area contributed by atoms with Crippen LogP contribution < -0.4 is 22.1 Å². The summed E-state index contributed by atoms with van der Waals surface area (Å²) in [7, 11) is 0. The number of anilines is 1. The van der Waals surface area contributed by atoms with Crippen LogP contribution in [0.4, 0.5) is 14.2 Å². The summed E-state index contributed by atoms with van der Waals surface area (Å²) in [5.74, 6) is -0.867. The molecule has 0 aliphatic carbocycles. The topological polar surface area (TPSA) is 110 Å². The second-order valence-corrected chi connectivity index (χ2v) is 7.15. The minimum absolute atomic E-state index is 0.217. The van der Waals surface area contributed by atoms with E-state index in [0.717, 1.165) is 16.0 Å². The highest BCUT2D eigenvalue weighted by molar-refractivity contribution is 7.20. The van der Waals surface area contributed by atoms with Crippen LogP contribution in [0, 0.1) is 5.82 Å². The molecule has 0 aliphatic heterocycles. The van der Waals surface area contributed by atoms with E-state index in [-0.39, 0.29) is 11.4 Å². The van der Waals surface area contributed by atoms with Crippen LogP contribution in [-0.2, 0) is 13.1 Å². The van der Waals surface area contributed by atoms with E-state index in [1.54, 1.807) is 24.3 Å². The number of thiophene rings is 1. The second kappa shape index (κ2) is 8.64. The molecule has 0 aliphatic rings. The molecule has 0 radical (unpaired) electrons. The molecule has 0 saturated heterocycles. The van der Waals surface area contributed by atoms with Crippen molar-refractivity contribution in [1.29, 1.82) is 0 Å². The third-order valence-corrected chi connectivity index (χ3v) is 5.17. The molecule has 0 fully saturated rings. The first-order chi connectivity index (χ1) is 13.4. The van der Waals surface area contributed by atoms with E-state index < -0.39 is 11.9 Å². The Morgan fingerprint density at radius 1 is 1.00 bits per heavy atom. The molecule has 0 bridgehead atoms.